The van der Waals surface area contributed by atoms with Gasteiger partial charge in [-0.3, -0.25) is 0 Å². The van der Waals surface area contributed by atoms with Crippen LogP contribution in [0.15, 0.2) is 25.3 Å². The molecule has 0 bridgehead atoms. The van der Waals surface area contributed by atoms with Crippen LogP contribution in [0.2, 0.25) is 0 Å². The van der Waals surface area contributed by atoms with Gasteiger partial charge in [-0.15, -0.1) is 13.2 Å². The Kier molecular flexibility index (Phi) is 3.36. The normalized spacial score (nSPS) is 55.7. The second-order valence-corrected chi connectivity index (χ2v) is 8.64. The number of rotatable bonds is 4. The summed E-state index contributed by atoms with van der Waals surface area (Å²) in [6, 6.07) is 0. The number of hydrogen-bond donors (Lipinski definition) is 2. The van der Waals surface area contributed by atoms with E-state index in [1.165, 1.54) is 25.7 Å². The van der Waals surface area contributed by atoms with Gasteiger partial charge in [-0.05, 0) is 86.9 Å². The van der Waals surface area contributed by atoms with Gasteiger partial charge < -0.3 is 10.2 Å². The van der Waals surface area contributed by atoms with Gasteiger partial charge in [0, 0.05) is 0 Å². The molecule has 0 unspecified atom stereocenters. The molecule has 0 amide bonds. The van der Waals surface area contributed by atoms with Crippen LogP contribution in [0.4, 0.5) is 0 Å². The summed E-state index contributed by atoms with van der Waals surface area (Å²) in [7, 11) is 0. The van der Waals surface area contributed by atoms with E-state index in [1.807, 2.05) is 12.2 Å². The van der Waals surface area contributed by atoms with Crippen molar-refractivity contribution in [1.29, 1.82) is 0 Å². The maximum Gasteiger partial charge on any atom is 0.0715 e. The fraction of sp³-hybridized carbons (Fsp3) is 0.800. The molecule has 4 aliphatic rings. The van der Waals surface area contributed by atoms with E-state index in [-0.39, 0.29) is 0 Å². The number of aliphatic hydroxyl groups is 2. The van der Waals surface area contributed by atoms with E-state index in [4.69, 9.17) is 0 Å². The predicted octanol–water partition coefficient (Wildman–Crippen LogP) is 3.69. The first-order valence-corrected chi connectivity index (χ1v) is 9.19. The number of fused-ring (bicyclic) bond motifs is 5. The molecule has 4 aliphatic carbocycles. The summed E-state index contributed by atoms with van der Waals surface area (Å²) in [6.07, 6.45) is 12.0. The molecule has 0 aromatic carbocycles. The first kappa shape index (κ1) is 15.0. The van der Waals surface area contributed by atoms with Crippen molar-refractivity contribution in [3.05, 3.63) is 25.3 Å². The van der Waals surface area contributed by atoms with E-state index < -0.39 is 11.2 Å². The van der Waals surface area contributed by atoms with Crippen molar-refractivity contribution >= 4 is 0 Å². The molecule has 0 spiro atoms. The highest BCUT2D eigenvalue weighted by Crippen LogP contribution is 2.68. The molecular formula is C20H30O2. The Balaban J connectivity index is 1.62. The van der Waals surface area contributed by atoms with Crippen molar-refractivity contribution < 1.29 is 10.2 Å². The third kappa shape index (κ3) is 1.86. The lowest BCUT2D eigenvalue weighted by Gasteiger charge is -2.35. The number of hydrogen-bond acceptors (Lipinski definition) is 2. The molecule has 0 aromatic heterocycles. The zero-order valence-electron chi connectivity index (χ0n) is 13.6. The van der Waals surface area contributed by atoms with Crippen LogP contribution in [0.25, 0.3) is 0 Å². The Labute approximate surface area is 134 Å². The van der Waals surface area contributed by atoms with Gasteiger partial charge in [-0.1, -0.05) is 12.2 Å². The molecule has 4 saturated carbocycles. The van der Waals surface area contributed by atoms with Crippen LogP contribution in [-0.2, 0) is 0 Å². The Hall–Kier alpha value is -0.600. The highest BCUT2D eigenvalue weighted by atomic mass is 16.3. The van der Waals surface area contributed by atoms with Crippen LogP contribution in [-0.4, -0.2) is 21.4 Å². The standard InChI is InChI=1S/C20H30O2/c1-3-7-19(21)9-5-13-11-16-15(17(13)19)12-14-6-10-20(22,8-4-2)18(14)16/h3-4,13-18,21-22H,1-2,5-12H2/t13-,14-,15+,16+,17-,18-,19-,20+/m1/s1. The summed E-state index contributed by atoms with van der Waals surface area (Å²) in [5.41, 5.74) is -1.03. The summed E-state index contributed by atoms with van der Waals surface area (Å²) in [5.74, 6) is 3.51. The fourth-order valence-corrected chi connectivity index (χ4v) is 7.32. The van der Waals surface area contributed by atoms with Crippen molar-refractivity contribution in [2.45, 2.75) is 62.6 Å². The van der Waals surface area contributed by atoms with Crippen LogP contribution in [0.5, 0.6) is 0 Å². The average Bonchev–Trinajstić information content (AvgIpc) is 3.12. The third-order valence-electron chi connectivity index (χ3n) is 7.77. The van der Waals surface area contributed by atoms with E-state index in [0.29, 0.717) is 35.5 Å². The van der Waals surface area contributed by atoms with Gasteiger partial charge in [-0.2, -0.15) is 0 Å². The highest BCUT2D eigenvalue weighted by Gasteiger charge is 2.65. The van der Waals surface area contributed by atoms with Gasteiger partial charge >= 0.3 is 0 Å². The molecule has 8 atom stereocenters. The smallest absolute Gasteiger partial charge is 0.0715 e. The molecule has 2 nitrogen and oxygen atoms in total. The molecule has 2 heteroatoms. The van der Waals surface area contributed by atoms with Gasteiger partial charge in [0.25, 0.3) is 0 Å². The molecule has 0 radical (unpaired) electrons. The van der Waals surface area contributed by atoms with Gasteiger partial charge in [0.15, 0.2) is 0 Å². The lowest BCUT2D eigenvalue weighted by Crippen LogP contribution is -2.39. The quantitative estimate of drug-likeness (QED) is 0.778. The second kappa shape index (κ2) is 4.95. The first-order valence-electron chi connectivity index (χ1n) is 9.19. The van der Waals surface area contributed by atoms with Crippen molar-refractivity contribution in [3.63, 3.8) is 0 Å². The summed E-state index contributed by atoms with van der Waals surface area (Å²) >= 11 is 0. The van der Waals surface area contributed by atoms with E-state index in [9.17, 15) is 10.2 Å². The molecule has 122 valence electrons. The minimum absolute atomic E-state index is 0.453. The van der Waals surface area contributed by atoms with Crippen molar-refractivity contribution in [3.8, 4) is 0 Å². The molecular weight excluding hydrogens is 272 g/mol. The van der Waals surface area contributed by atoms with E-state index >= 15 is 0 Å². The van der Waals surface area contributed by atoms with Gasteiger partial charge in [0.1, 0.15) is 0 Å². The fourth-order valence-electron chi connectivity index (χ4n) is 7.32. The Morgan fingerprint density at radius 1 is 0.818 bits per heavy atom. The largest absolute Gasteiger partial charge is 0.389 e. The van der Waals surface area contributed by atoms with Crippen LogP contribution in [0.1, 0.15) is 51.4 Å². The summed E-state index contributed by atoms with van der Waals surface area (Å²) < 4.78 is 0. The Morgan fingerprint density at radius 3 is 1.59 bits per heavy atom. The second-order valence-electron chi connectivity index (χ2n) is 8.64. The van der Waals surface area contributed by atoms with Crippen molar-refractivity contribution in [2.24, 2.45) is 35.5 Å². The molecule has 0 heterocycles. The van der Waals surface area contributed by atoms with Crippen molar-refractivity contribution in [2.75, 3.05) is 0 Å². The Bertz CT molecular complexity index is 442. The summed E-state index contributed by atoms with van der Waals surface area (Å²) in [6.45, 7) is 7.73. The SMILES string of the molecule is C=CC[C@@]1(O)CC[C@@H]2C[C@H]3[C@H](C[C@H]4CC[C@@](O)(CC=C)[C@H]43)[C@@H]21. The lowest BCUT2D eigenvalue weighted by atomic mass is 9.75. The highest BCUT2D eigenvalue weighted by molar-refractivity contribution is 5.16. The molecule has 0 saturated heterocycles. The van der Waals surface area contributed by atoms with Crippen LogP contribution >= 0.6 is 0 Å². The average molecular weight is 302 g/mol. The molecule has 4 rings (SSSR count). The van der Waals surface area contributed by atoms with Crippen LogP contribution in [0.3, 0.4) is 0 Å². The molecule has 2 N–H and O–H groups in total. The zero-order valence-corrected chi connectivity index (χ0v) is 13.6. The van der Waals surface area contributed by atoms with Gasteiger partial charge in [0.2, 0.25) is 0 Å². The van der Waals surface area contributed by atoms with Gasteiger partial charge in [-0.25, -0.2) is 0 Å². The molecule has 0 aromatic rings. The Morgan fingerprint density at radius 2 is 1.23 bits per heavy atom. The minimum Gasteiger partial charge on any atom is -0.389 e. The lowest BCUT2D eigenvalue weighted by molar-refractivity contribution is -0.0352. The maximum atomic E-state index is 11.2. The molecule has 0 aliphatic heterocycles. The zero-order chi connectivity index (χ0) is 15.5. The minimum atomic E-state index is -0.513. The van der Waals surface area contributed by atoms with E-state index in [2.05, 4.69) is 13.2 Å². The third-order valence-corrected chi connectivity index (χ3v) is 7.77. The first-order chi connectivity index (χ1) is 10.5. The van der Waals surface area contributed by atoms with Crippen LogP contribution in [0, 0.1) is 35.5 Å². The van der Waals surface area contributed by atoms with Crippen LogP contribution < -0.4 is 0 Å². The van der Waals surface area contributed by atoms with Crippen molar-refractivity contribution in [1.82, 2.24) is 0 Å². The predicted molar refractivity (Wildman–Crippen MR) is 88.2 cm³/mol. The molecule has 22 heavy (non-hydrogen) atoms. The van der Waals surface area contributed by atoms with E-state index in [0.717, 1.165) is 25.7 Å². The summed E-state index contributed by atoms with van der Waals surface area (Å²) in [4.78, 5) is 0. The maximum absolute atomic E-state index is 11.2. The van der Waals surface area contributed by atoms with Gasteiger partial charge in [0.05, 0.1) is 11.2 Å². The monoisotopic (exact) mass is 302 g/mol. The molecule has 4 fully saturated rings. The topological polar surface area (TPSA) is 40.5 Å². The van der Waals surface area contributed by atoms with E-state index in [1.54, 1.807) is 0 Å². The summed E-state index contributed by atoms with van der Waals surface area (Å²) in [5, 5.41) is 22.3.